The summed E-state index contributed by atoms with van der Waals surface area (Å²) < 4.78 is 4.44. The summed E-state index contributed by atoms with van der Waals surface area (Å²) in [6, 6.07) is 9.69. The Hall–Kier alpha value is -1.88. The number of aliphatic hydroxyl groups excluding tert-OH is 1. The Kier molecular flexibility index (Phi) is 4.96. The number of nitrogens with one attached hydrogen (secondary N) is 1. The van der Waals surface area contributed by atoms with Crippen LogP contribution in [0.4, 0.5) is 0 Å². The zero-order chi connectivity index (χ0) is 15.3. The van der Waals surface area contributed by atoms with E-state index in [1.807, 2.05) is 30.3 Å². The van der Waals surface area contributed by atoms with Crippen LogP contribution in [0.1, 0.15) is 31.2 Å². The number of methoxy groups -OCH3 is 1. The van der Waals surface area contributed by atoms with Crippen LogP contribution in [0.2, 0.25) is 0 Å². The first kappa shape index (κ1) is 15.5. The Morgan fingerprint density at radius 3 is 2.48 bits per heavy atom. The minimum absolute atomic E-state index is 0.125. The number of esters is 1. The van der Waals surface area contributed by atoms with Gasteiger partial charge >= 0.3 is 5.97 Å². The van der Waals surface area contributed by atoms with Crippen molar-refractivity contribution in [1.29, 1.82) is 0 Å². The van der Waals surface area contributed by atoms with E-state index in [0.717, 1.165) is 31.2 Å². The Bertz CT molecular complexity index is 494. The maximum Gasteiger partial charge on any atom is 0.336 e. The van der Waals surface area contributed by atoms with Crippen molar-refractivity contribution in [3.63, 3.8) is 0 Å². The molecule has 1 atom stereocenters. The Morgan fingerprint density at radius 1 is 1.29 bits per heavy atom. The fourth-order valence-corrected chi connectivity index (χ4v) is 2.96. The average molecular weight is 291 g/mol. The lowest BCUT2D eigenvalue weighted by molar-refractivity contribution is -0.150. The van der Waals surface area contributed by atoms with E-state index >= 15 is 0 Å². The van der Waals surface area contributed by atoms with Gasteiger partial charge in [0.2, 0.25) is 5.91 Å². The number of amides is 1. The SMILES string of the molecule is COC(=O)C(O)CNC(=O)C1(c2ccccc2)CCCC1. The van der Waals surface area contributed by atoms with Crippen LogP contribution in [0, 0.1) is 0 Å². The molecule has 1 fully saturated rings. The van der Waals surface area contributed by atoms with Gasteiger partial charge in [-0.15, -0.1) is 0 Å². The second-order valence-electron chi connectivity index (χ2n) is 5.40. The van der Waals surface area contributed by atoms with E-state index in [0.29, 0.717) is 0 Å². The molecular formula is C16H21NO4. The minimum Gasteiger partial charge on any atom is -0.467 e. The van der Waals surface area contributed by atoms with Crippen molar-refractivity contribution in [2.75, 3.05) is 13.7 Å². The fraction of sp³-hybridized carbons (Fsp3) is 0.500. The van der Waals surface area contributed by atoms with Gasteiger partial charge in [0.25, 0.3) is 0 Å². The van der Waals surface area contributed by atoms with Gasteiger partial charge in [0.1, 0.15) is 0 Å². The van der Waals surface area contributed by atoms with E-state index < -0.39 is 17.5 Å². The van der Waals surface area contributed by atoms with Gasteiger partial charge in [-0.2, -0.15) is 0 Å². The number of carbonyl (C=O) groups is 2. The lowest BCUT2D eigenvalue weighted by atomic mass is 9.78. The number of aliphatic hydroxyl groups is 1. The predicted octanol–water partition coefficient (Wildman–Crippen LogP) is 1.15. The Morgan fingerprint density at radius 2 is 1.90 bits per heavy atom. The van der Waals surface area contributed by atoms with Crippen molar-refractivity contribution in [1.82, 2.24) is 5.32 Å². The summed E-state index contributed by atoms with van der Waals surface area (Å²) in [5, 5.41) is 12.3. The summed E-state index contributed by atoms with van der Waals surface area (Å²) in [5.41, 5.74) is 0.449. The molecule has 21 heavy (non-hydrogen) atoms. The number of carbonyl (C=O) groups excluding carboxylic acids is 2. The van der Waals surface area contributed by atoms with Crippen LogP contribution < -0.4 is 5.32 Å². The van der Waals surface area contributed by atoms with Gasteiger partial charge < -0.3 is 15.2 Å². The largest absolute Gasteiger partial charge is 0.467 e. The highest BCUT2D eigenvalue weighted by Crippen LogP contribution is 2.41. The van der Waals surface area contributed by atoms with Crippen molar-refractivity contribution in [2.24, 2.45) is 0 Å². The van der Waals surface area contributed by atoms with Crippen LogP contribution in [-0.4, -0.2) is 36.7 Å². The topological polar surface area (TPSA) is 75.6 Å². The third kappa shape index (κ3) is 3.24. The van der Waals surface area contributed by atoms with Crippen LogP contribution in [0.5, 0.6) is 0 Å². The number of hydrogen-bond donors (Lipinski definition) is 2. The average Bonchev–Trinajstić information content (AvgIpc) is 3.03. The smallest absolute Gasteiger partial charge is 0.336 e. The van der Waals surface area contributed by atoms with Gasteiger partial charge in [-0.3, -0.25) is 4.79 Å². The summed E-state index contributed by atoms with van der Waals surface area (Å²) >= 11 is 0. The van der Waals surface area contributed by atoms with Crippen molar-refractivity contribution < 1.29 is 19.4 Å². The van der Waals surface area contributed by atoms with Gasteiger partial charge in [-0.25, -0.2) is 4.79 Å². The third-order valence-electron chi connectivity index (χ3n) is 4.15. The van der Waals surface area contributed by atoms with Crippen LogP contribution >= 0.6 is 0 Å². The molecule has 1 aliphatic rings. The molecule has 114 valence electrons. The highest BCUT2D eigenvalue weighted by Gasteiger charge is 2.42. The van der Waals surface area contributed by atoms with Gasteiger partial charge in [0.15, 0.2) is 6.10 Å². The molecule has 0 spiro atoms. The number of hydrogen-bond acceptors (Lipinski definition) is 4. The van der Waals surface area contributed by atoms with Crippen LogP contribution in [0.15, 0.2) is 30.3 Å². The maximum atomic E-state index is 12.6. The fourth-order valence-electron chi connectivity index (χ4n) is 2.96. The molecule has 1 amide bonds. The number of rotatable bonds is 5. The second-order valence-corrected chi connectivity index (χ2v) is 5.40. The molecule has 1 aliphatic carbocycles. The molecule has 1 aromatic rings. The minimum atomic E-state index is -1.33. The monoisotopic (exact) mass is 291 g/mol. The molecule has 0 bridgehead atoms. The molecular weight excluding hydrogens is 270 g/mol. The molecule has 5 nitrogen and oxygen atoms in total. The van der Waals surface area contributed by atoms with Gasteiger partial charge in [0, 0.05) is 0 Å². The normalized spacial score (nSPS) is 18.0. The van der Waals surface area contributed by atoms with Gasteiger partial charge in [0.05, 0.1) is 19.1 Å². The van der Waals surface area contributed by atoms with E-state index in [1.54, 1.807) is 0 Å². The molecule has 0 saturated heterocycles. The molecule has 2 N–H and O–H groups in total. The van der Waals surface area contributed by atoms with E-state index in [9.17, 15) is 14.7 Å². The summed E-state index contributed by atoms with van der Waals surface area (Å²) in [4.78, 5) is 23.8. The van der Waals surface area contributed by atoms with Crippen molar-refractivity contribution >= 4 is 11.9 Å². The Balaban J connectivity index is 2.09. The molecule has 5 heteroatoms. The van der Waals surface area contributed by atoms with Crippen molar-refractivity contribution in [2.45, 2.75) is 37.2 Å². The van der Waals surface area contributed by atoms with Crippen LogP contribution in [-0.2, 0) is 19.7 Å². The standard InChI is InChI=1S/C16H21NO4/c1-21-14(19)13(18)11-17-15(20)16(9-5-6-10-16)12-7-3-2-4-8-12/h2-4,7-8,13,18H,5-6,9-11H2,1H3,(H,17,20). The summed E-state index contributed by atoms with van der Waals surface area (Å²) in [5.74, 6) is -0.871. The number of ether oxygens (including phenoxy) is 1. The highest BCUT2D eigenvalue weighted by molar-refractivity contribution is 5.89. The third-order valence-corrected chi connectivity index (χ3v) is 4.15. The summed E-state index contributed by atoms with van der Waals surface area (Å²) in [7, 11) is 1.20. The highest BCUT2D eigenvalue weighted by atomic mass is 16.5. The molecule has 0 heterocycles. The predicted molar refractivity (Wildman–Crippen MR) is 77.6 cm³/mol. The number of benzene rings is 1. The van der Waals surface area contributed by atoms with Crippen LogP contribution in [0.25, 0.3) is 0 Å². The van der Waals surface area contributed by atoms with E-state index in [-0.39, 0.29) is 12.5 Å². The van der Waals surface area contributed by atoms with E-state index in [4.69, 9.17) is 0 Å². The molecule has 1 aromatic carbocycles. The zero-order valence-electron chi connectivity index (χ0n) is 12.2. The molecule has 1 unspecified atom stereocenters. The van der Waals surface area contributed by atoms with Crippen molar-refractivity contribution in [3.05, 3.63) is 35.9 Å². The Labute approximate surface area is 124 Å². The zero-order valence-corrected chi connectivity index (χ0v) is 12.2. The molecule has 2 rings (SSSR count). The second kappa shape index (κ2) is 6.72. The van der Waals surface area contributed by atoms with Crippen LogP contribution in [0.3, 0.4) is 0 Å². The quantitative estimate of drug-likeness (QED) is 0.798. The molecule has 0 aromatic heterocycles. The first-order chi connectivity index (χ1) is 10.1. The van der Waals surface area contributed by atoms with Gasteiger partial charge in [-0.1, -0.05) is 43.2 Å². The van der Waals surface area contributed by atoms with Gasteiger partial charge in [-0.05, 0) is 18.4 Å². The maximum absolute atomic E-state index is 12.6. The molecule has 0 aliphatic heterocycles. The first-order valence-electron chi connectivity index (χ1n) is 7.20. The lowest BCUT2D eigenvalue weighted by Crippen LogP contribution is -2.46. The lowest BCUT2D eigenvalue weighted by Gasteiger charge is -2.28. The summed E-state index contributed by atoms with van der Waals surface area (Å²) in [6.07, 6.45) is 2.26. The molecule has 1 saturated carbocycles. The van der Waals surface area contributed by atoms with Crippen molar-refractivity contribution in [3.8, 4) is 0 Å². The summed E-state index contributed by atoms with van der Waals surface area (Å²) in [6.45, 7) is -0.125. The van der Waals surface area contributed by atoms with E-state index in [2.05, 4.69) is 10.1 Å². The molecule has 0 radical (unpaired) electrons. The van der Waals surface area contributed by atoms with E-state index in [1.165, 1.54) is 7.11 Å². The first-order valence-corrected chi connectivity index (χ1v) is 7.20.